The van der Waals surface area contributed by atoms with E-state index >= 15 is 0 Å². The zero-order chi connectivity index (χ0) is 62.8. The number of carbonyl (C=O) groups is 2. The van der Waals surface area contributed by atoms with Crippen molar-refractivity contribution in [1.29, 1.82) is 0 Å². The van der Waals surface area contributed by atoms with Gasteiger partial charge < -0.3 is 20.3 Å². The summed E-state index contributed by atoms with van der Waals surface area (Å²) in [5, 5.41) is 23.3. The summed E-state index contributed by atoms with van der Waals surface area (Å²) in [4.78, 5) is 24.6. The molecule has 0 fully saturated rings. The van der Waals surface area contributed by atoms with Crippen molar-refractivity contribution in [3.05, 3.63) is 36.5 Å². The van der Waals surface area contributed by atoms with Crippen LogP contribution < -0.4 is 5.32 Å². The molecule has 0 saturated heterocycles. The average Bonchev–Trinajstić information content (AvgIpc) is 3.52. The molecular weight excluding hydrogens is 1070 g/mol. The van der Waals surface area contributed by atoms with E-state index in [2.05, 4.69) is 43.5 Å². The Bertz CT molecular complexity index is 1410. The number of rotatable bonds is 75. The van der Waals surface area contributed by atoms with Gasteiger partial charge in [-0.3, -0.25) is 9.59 Å². The monoisotopic (exact) mass is 1220 g/mol. The van der Waals surface area contributed by atoms with Crippen LogP contribution in [0.5, 0.6) is 0 Å². The number of aliphatic hydroxyl groups is 2. The number of allylic oxidation sites excluding steroid dienone is 5. The van der Waals surface area contributed by atoms with Crippen LogP contribution in [0.4, 0.5) is 0 Å². The standard InChI is InChI=1S/C81H155NO5/c1-3-5-7-9-11-13-15-17-19-20-21-22-23-34-37-40-43-46-49-53-57-61-65-69-73-79(84)78(77-83)82-80(85)74-70-66-62-58-54-50-47-44-41-38-35-32-30-28-26-24-25-27-29-31-33-36-39-42-45-48-52-56-60-64-68-72-76-87-81(86)75-71-67-63-59-55-51-18-16-14-12-10-8-6-4-2/h10,12,16,18,69,73,78-79,83-84H,3-9,11,13-15,17,19-68,70-72,74-77H2,1-2H3,(H,82,85)/b12-10-,18-16-,73-69+. The maximum absolute atomic E-state index is 12.6. The van der Waals surface area contributed by atoms with Gasteiger partial charge in [-0.25, -0.2) is 0 Å². The highest BCUT2D eigenvalue weighted by molar-refractivity contribution is 5.76. The average molecular weight is 1220 g/mol. The Morgan fingerprint density at radius 1 is 0.322 bits per heavy atom. The Labute approximate surface area is 544 Å². The molecule has 0 aromatic carbocycles. The van der Waals surface area contributed by atoms with Gasteiger partial charge in [0, 0.05) is 12.8 Å². The molecule has 0 aliphatic heterocycles. The number of carbonyl (C=O) groups excluding carboxylic acids is 2. The van der Waals surface area contributed by atoms with E-state index in [0.717, 1.165) is 51.4 Å². The summed E-state index contributed by atoms with van der Waals surface area (Å²) >= 11 is 0. The zero-order valence-corrected chi connectivity index (χ0v) is 59.0. The molecule has 0 aliphatic carbocycles. The van der Waals surface area contributed by atoms with Gasteiger partial charge in [0.15, 0.2) is 0 Å². The number of nitrogens with one attached hydrogen (secondary N) is 1. The predicted molar refractivity (Wildman–Crippen MR) is 384 cm³/mol. The van der Waals surface area contributed by atoms with Crippen molar-refractivity contribution in [3.8, 4) is 0 Å². The molecule has 0 aromatic heterocycles. The summed E-state index contributed by atoms with van der Waals surface area (Å²) in [6, 6.07) is -0.626. The van der Waals surface area contributed by atoms with E-state index in [9.17, 15) is 19.8 Å². The molecule has 0 aliphatic rings. The van der Waals surface area contributed by atoms with E-state index in [0.29, 0.717) is 19.4 Å². The summed E-state index contributed by atoms with van der Waals surface area (Å²) in [5.74, 6) is -0.0516. The summed E-state index contributed by atoms with van der Waals surface area (Å²) in [6.45, 7) is 4.91. The molecule has 1 amide bonds. The van der Waals surface area contributed by atoms with Gasteiger partial charge >= 0.3 is 5.97 Å². The van der Waals surface area contributed by atoms with Crippen LogP contribution in [0.15, 0.2) is 36.5 Å². The van der Waals surface area contributed by atoms with Crippen molar-refractivity contribution in [1.82, 2.24) is 5.32 Å². The number of unbranched alkanes of at least 4 members (excludes halogenated alkanes) is 60. The topological polar surface area (TPSA) is 95.9 Å². The number of esters is 1. The largest absolute Gasteiger partial charge is 0.466 e. The van der Waals surface area contributed by atoms with E-state index < -0.39 is 12.1 Å². The van der Waals surface area contributed by atoms with Gasteiger partial charge in [0.2, 0.25) is 5.91 Å². The summed E-state index contributed by atoms with van der Waals surface area (Å²) < 4.78 is 5.49. The predicted octanol–water partition coefficient (Wildman–Crippen LogP) is 26.2. The first-order chi connectivity index (χ1) is 43.0. The van der Waals surface area contributed by atoms with Crippen LogP contribution in [-0.2, 0) is 14.3 Å². The van der Waals surface area contributed by atoms with Crippen molar-refractivity contribution >= 4 is 11.9 Å². The molecule has 2 unspecified atom stereocenters. The van der Waals surface area contributed by atoms with Crippen molar-refractivity contribution in [2.45, 2.75) is 456 Å². The normalized spacial score (nSPS) is 12.6. The second-order valence-corrected chi connectivity index (χ2v) is 27.4. The van der Waals surface area contributed by atoms with Crippen LogP contribution in [0, 0.1) is 0 Å². The van der Waals surface area contributed by atoms with Gasteiger partial charge in [-0.15, -0.1) is 0 Å². The van der Waals surface area contributed by atoms with Crippen molar-refractivity contribution in [2.75, 3.05) is 13.2 Å². The third-order valence-electron chi connectivity index (χ3n) is 18.7. The Kier molecular flexibility index (Phi) is 74.8. The first kappa shape index (κ1) is 85.1. The van der Waals surface area contributed by atoms with Crippen molar-refractivity contribution < 1.29 is 24.5 Å². The first-order valence-corrected chi connectivity index (χ1v) is 39.8. The second-order valence-electron chi connectivity index (χ2n) is 27.4. The van der Waals surface area contributed by atoms with Crippen LogP contribution in [0.25, 0.3) is 0 Å². The molecule has 0 rings (SSSR count). The molecule has 0 spiro atoms. The number of ether oxygens (including phenoxy) is 1. The minimum Gasteiger partial charge on any atom is -0.466 e. The highest BCUT2D eigenvalue weighted by atomic mass is 16.5. The molecule has 0 radical (unpaired) electrons. The van der Waals surface area contributed by atoms with E-state index in [1.54, 1.807) is 6.08 Å². The molecule has 87 heavy (non-hydrogen) atoms. The summed E-state index contributed by atoms with van der Waals surface area (Å²) in [7, 11) is 0. The number of amides is 1. The Morgan fingerprint density at radius 3 is 0.908 bits per heavy atom. The molecule has 0 heterocycles. The number of hydrogen-bond donors (Lipinski definition) is 3. The molecule has 6 nitrogen and oxygen atoms in total. The van der Waals surface area contributed by atoms with Gasteiger partial charge in [-0.05, 0) is 57.8 Å². The van der Waals surface area contributed by atoms with Crippen LogP contribution in [0.2, 0.25) is 0 Å². The third kappa shape index (κ3) is 73.0. The van der Waals surface area contributed by atoms with Crippen LogP contribution >= 0.6 is 0 Å². The van der Waals surface area contributed by atoms with Gasteiger partial charge in [0.1, 0.15) is 0 Å². The SMILES string of the molecule is CCCC/C=C\C/C=C\CCCCCCCC(=O)OCCCCCCCCCCCCCCCCCCCCCCCCCCCCCCCCCCC(=O)NC(CO)C(O)/C=C/CCCCCCCCCCCCCCCCCCCCCCCC. The Hall–Kier alpha value is -1.92. The summed E-state index contributed by atoms with van der Waals surface area (Å²) in [5.41, 5.74) is 0. The highest BCUT2D eigenvalue weighted by Crippen LogP contribution is 2.20. The second kappa shape index (κ2) is 76.5. The highest BCUT2D eigenvalue weighted by Gasteiger charge is 2.18. The van der Waals surface area contributed by atoms with Crippen LogP contribution in [-0.4, -0.2) is 47.4 Å². The lowest BCUT2D eigenvalue weighted by Gasteiger charge is -2.20. The van der Waals surface area contributed by atoms with E-state index in [4.69, 9.17) is 4.74 Å². The lowest BCUT2D eigenvalue weighted by atomic mass is 10.0. The maximum atomic E-state index is 12.6. The molecular formula is C81H155NO5. The van der Waals surface area contributed by atoms with Gasteiger partial charge in [-0.1, -0.05) is 410 Å². The Morgan fingerprint density at radius 2 is 0.586 bits per heavy atom. The third-order valence-corrected chi connectivity index (χ3v) is 18.7. The minimum atomic E-state index is -0.843. The first-order valence-electron chi connectivity index (χ1n) is 39.8. The fourth-order valence-electron chi connectivity index (χ4n) is 12.6. The minimum absolute atomic E-state index is 0.00691. The van der Waals surface area contributed by atoms with E-state index in [-0.39, 0.29) is 18.5 Å². The van der Waals surface area contributed by atoms with E-state index in [1.807, 2.05) is 6.08 Å². The fourth-order valence-corrected chi connectivity index (χ4v) is 12.6. The van der Waals surface area contributed by atoms with Crippen molar-refractivity contribution in [3.63, 3.8) is 0 Å². The zero-order valence-electron chi connectivity index (χ0n) is 59.0. The number of hydrogen-bond acceptors (Lipinski definition) is 5. The van der Waals surface area contributed by atoms with E-state index in [1.165, 1.54) is 366 Å². The molecule has 2 atom stereocenters. The maximum Gasteiger partial charge on any atom is 0.305 e. The van der Waals surface area contributed by atoms with Crippen LogP contribution in [0.3, 0.4) is 0 Å². The lowest BCUT2D eigenvalue weighted by molar-refractivity contribution is -0.143. The molecule has 3 N–H and O–H groups in total. The molecule has 0 saturated carbocycles. The Balaban J connectivity index is 3.36. The van der Waals surface area contributed by atoms with Crippen LogP contribution in [0.1, 0.15) is 444 Å². The van der Waals surface area contributed by atoms with Crippen molar-refractivity contribution in [2.24, 2.45) is 0 Å². The quantitative estimate of drug-likeness (QED) is 0.0320. The molecule has 6 heteroatoms. The molecule has 0 aromatic rings. The molecule has 0 bridgehead atoms. The van der Waals surface area contributed by atoms with Gasteiger partial charge in [0.25, 0.3) is 0 Å². The fraction of sp³-hybridized carbons (Fsp3) is 0.901. The van der Waals surface area contributed by atoms with Gasteiger partial charge in [0.05, 0.1) is 25.4 Å². The lowest BCUT2D eigenvalue weighted by Crippen LogP contribution is -2.45. The molecule has 514 valence electrons. The van der Waals surface area contributed by atoms with Gasteiger partial charge in [-0.2, -0.15) is 0 Å². The number of aliphatic hydroxyl groups excluding tert-OH is 2. The smallest absolute Gasteiger partial charge is 0.305 e. The summed E-state index contributed by atoms with van der Waals surface area (Å²) in [6.07, 6.45) is 99.8.